The van der Waals surface area contributed by atoms with Crippen LogP contribution in [0.25, 0.3) is 132 Å². The summed E-state index contributed by atoms with van der Waals surface area (Å²) in [4.78, 5) is 0. The lowest BCUT2D eigenvalue weighted by Crippen LogP contribution is -2.41. The van der Waals surface area contributed by atoms with Crippen LogP contribution in [0.2, 0.25) is 0 Å². The first kappa shape index (κ1) is 74.1. The van der Waals surface area contributed by atoms with E-state index in [9.17, 15) is 0 Å². The standard InChI is InChI=1S/3C34H31BO2/c1-33(2)34(3,4)37-35(36-33)28-21-20-25-22-27(19-18-26(25)23-28)30-15-9-11-17-32(30)31-16-10-8-14-29(31)24-12-6-5-7-13-24;1-33(2)34(3,4)37-35(36-33)30-20-19-27-21-26(17-18-28(27)23-30)25-13-10-14-29(22-25)32-16-9-8-15-31(32)24-11-6-5-7-12-24;1-33(2)34(3,4)37-35(36-33)32-20-19-30-22-29(17-18-31(30)23-32)28-12-8-11-27(21-28)26-15-13-25(14-16-26)24-9-6-5-7-10-24/h3*5-23H,1-4H3. The molecule has 0 spiro atoms. The van der Waals surface area contributed by atoms with Crippen molar-refractivity contribution in [1.29, 1.82) is 0 Å². The van der Waals surface area contributed by atoms with Crippen LogP contribution in [0.3, 0.4) is 0 Å². The minimum atomic E-state index is -0.357. The highest BCUT2D eigenvalue weighted by atomic mass is 16.7. The summed E-state index contributed by atoms with van der Waals surface area (Å²) >= 11 is 0. The number of fused-ring (bicyclic) bond motifs is 3. The van der Waals surface area contributed by atoms with Crippen LogP contribution in [-0.2, 0) is 27.9 Å². The van der Waals surface area contributed by atoms with Gasteiger partial charge in [0.25, 0.3) is 0 Å². The zero-order chi connectivity index (χ0) is 76.9. The van der Waals surface area contributed by atoms with Crippen LogP contribution in [0.15, 0.2) is 346 Å². The van der Waals surface area contributed by atoms with Crippen molar-refractivity contribution in [1.82, 2.24) is 0 Å². The highest BCUT2D eigenvalue weighted by Gasteiger charge is 2.54. The van der Waals surface area contributed by atoms with Crippen molar-refractivity contribution in [2.24, 2.45) is 0 Å². The Bertz CT molecular complexity index is 5840. The van der Waals surface area contributed by atoms with Gasteiger partial charge in [0.2, 0.25) is 0 Å². The lowest BCUT2D eigenvalue weighted by Gasteiger charge is -2.32. The average Bonchev–Trinajstić information content (AvgIpc) is 1.70. The van der Waals surface area contributed by atoms with Gasteiger partial charge >= 0.3 is 21.4 Å². The van der Waals surface area contributed by atoms with Gasteiger partial charge in [-0.15, -0.1) is 0 Å². The molecular weight excluding hydrogens is 1350 g/mol. The predicted octanol–water partition coefficient (Wildman–Crippen LogP) is 24.4. The monoisotopic (exact) mass is 1450 g/mol. The van der Waals surface area contributed by atoms with Crippen molar-refractivity contribution in [2.45, 2.75) is 117 Å². The van der Waals surface area contributed by atoms with Crippen molar-refractivity contribution in [2.75, 3.05) is 0 Å². The molecule has 0 aromatic heterocycles. The lowest BCUT2D eigenvalue weighted by atomic mass is 9.78. The molecule has 0 saturated carbocycles. The SMILES string of the molecule is CC1(C)OB(c2ccc3cc(-c4cccc(-c5ccc(-c6ccccc6)cc5)c4)ccc3c2)OC1(C)C.CC1(C)OB(c2ccc3cc(-c4cccc(-c5ccccc5-c5ccccc5)c4)ccc3c2)OC1(C)C.CC1(C)OB(c2ccc3cc(-c4ccccc4-c4ccccc4-c4ccccc4)ccc3c2)OC1(C)C. The van der Waals surface area contributed by atoms with E-state index in [1.54, 1.807) is 0 Å². The van der Waals surface area contributed by atoms with E-state index < -0.39 is 0 Å². The summed E-state index contributed by atoms with van der Waals surface area (Å²) < 4.78 is 37.6. The van der Waals surface area contributed by atoms with Gasteiger partial charge in [0.15, 0.2) is 0 Å². The molecule has 18 rings (SSSR count). The van der Waals surface area contributed by atoms with Gasteiger partial charge in [-0.05, 0) is 262 Å². The third-order valence-corrected chi connectivity index (χ3v) is 23.7. The topological polar surface area (TPSA) is 55.4 Å². The van der Waals surface area contributed by atoms with E-state index in [0.717, 1.165) is 16.4 Å². The predicted molar refractivity (Wildman–Crippen MR) is 468 cm³/mol. The van der Waals surface area contributed by atoms with Crippen molar-refractivity contribution in [3.8, 4) is 100 Å². The molecule has 111 heavy (non-hydrogen) atoms. The average molecular weight is 1450 g/mol. The fourth-order valence-corrected chi connectivity index (χ4v) is 15.1. The van der Waals surface area contributed by atoms with E-state index in [1.165, 1.54) is 132 Å². The molecule has 3 heterocycles. The number of hydrogen-bond donors (Lipinski definition) is 0. The second kappa shape index (κ2) is 30.0. The van der Waals surface area contributed by atoms with Crippen LogP contribution < -0.4 is 16.4 Å². The van der Waals surface area contributed by atoms with E-state index in [-0.39, 0.29) is 55.0 Å². The van der Waals surface area contributed by atoms with Crippen molar-refractivity contribution >= 4 is 70.1 Å². The Morgan fingerprint density at radius 1 is 0.153 bits per heavy atom. The first-order valence-electron chi connectivity index (χ1n) is 38.9. The van der Waals surface area contributed by atoms with E-state index >= 15 is 0 Å². The Morgan fingerprint density at radius 2 is 0.351 bits per heavy atom. The molecule has 6 nitrogen and oxygen atoms in total. The zero-order valence-corrected chi connectivity index (χ0v) is 65.6. The first-order chi connectivity index (χ1) is 53.4. The molecule has 546 valence electrons. The van der Waals surface area contributed by atoms with Crippen LogP contribution in [0.4, 0.5) is 0 Å². The summed E-state index contributed by atoms with van der Waals surface area (Å²) in [6.07, 6.45) is 0. The molecule has 3 saturated heterocycles. The van der Waals surface area contributed by atoms with Gasteiger partial charge in [0.1, 0.15) is 0 Å². The summed E-state index contributed by atoms with van der Waals surface area (Å²) in [6.45, 7) is 25.1. The molecule has 0 unspecified atom stereocenters. The molecule has 3 aliphatic rings. The van der Waals surface area contributed by atoms with E-state index in [1.807, 2.05) is 0 Å². The molecular formula is C102H93B3O6. The van der Waals surface area contributed by atoms with Crippen molar-refractivity contribution in [3.05, 3.63) is 346 Å². The van der Waals surface area contributed by atoms with Crippen LogP contribution in [0, 0.1) is 0 Å². The van der Waals surface area contributed by atoms with Crippen LogP contribution >= 0.6 is 0 Å². The second-order valence-electron chi connectivity index (χ2n) is 32.7. The van der Waals surface area contributed by atoms with E-state index in [4.69, 9.17) is 27.9 Å². The maximum Gasteiger partial charge on any atom is 0.494 e. The Balaban J connectivity index is 0.000000126. The van der Waals surface area contributed by atoms with Gasteiger partial charge in [-0.25, -0.2) is 0 Å². The lowest BCUT2D eigenvalue weighted by molar-refractivity contribution is 0.00578. The molecule has 0 aliphatic carbocycles. The Kier molecular flexibility index (Phi) is 20.1. The van der Waals surface area contributed by atoms with Gasteiger partial charge in [-0.2, -0.15) is 0 Å². The smallest absolute Gasteiger partial charge is 0.399 e. The highest BCUT2D eigenvalue weighted by molar-refractivity contribution is 6.63. The molecule has 0 atom stereocenters. The van der Waals surface area contributed by atoms with Gasteiger partial charge in [0, 0.05) is 0 Å². The summed E-state index contributed by atoms with van der Waals surface area (Å²) in [7, 11) is -1.06. The largest absolute Gasteiger partial charge is 0.494 e. The van der Waals surface area contributed by atoms with E-state index in [0.29, 0.717) is 0 Å². The molecule has 0 bridgehead atoms. The maximum absolute atomic E-state index is 6.28. The summed E-state index contributed by atoms with van der Waals surface area (Å²) in [5, 5.41) is 7.15. The number of rotatable bonds is 12. The molecule has 15 aromatic rings. The number of benzene rings is 15. The zero-order valence-electron chi connectivity index (χ0n) is 65.6. The Morgan fingerprint density at radius 3 is 0.721 bits per heavy atom. The molecule has 0 amide bonds. The summed E-state index contributed by atoms with van der Waals surface area (Å²) in [5.41, 5.74) is 23.1. The molecule has 15 aromatic carbocycles. The first-order valence-corrected chi connectivity index (χ1v) is 38.9. The Labute approximate surface area is 656 Å². The second-order valence-corrected chi connectivity index (χ2v) is 32.7. The third kappa shape index (κ3) is 15.3. The minimum Gasteiger partial charge on any atom is -0.399 e. The summed E-state index contributed by atoms with van der Waals surface area (Å²) in [5.74, 6) is 0. The molecule has 9 heteroatoms. The van der Waals surface area contributed by atoms with Crippen LogP contribution in [-0.4, -0.2) is 55.0 Å². The van der Waals surface area contributed by atoms with Crippen LogP contribution in [0.1, 0.15) is 83.1 Å². The molecule has 0 radical (unpaired) electrons. The molecule has 0 N–H and O–H groups in total. The normalized spacial score (nSPS) is 16.3. The molecule has 3 fully saturated rings. The molecule has 3 aliphatic heterocycles. The Hall–Kier alpha value is -11.0. The van der Waals surface area contributed by atoms with Crippen molar-refractivity contribution in [3.63, 3.8) is 0 Å². The van der Waals surface area contributed by atoms with Crippen molar-refractivity contribution < 1.29 is 27.9 Å². The summed E-state index contributed by atoms with van der Waals surface area (Å²) in [6, 6.07) is 124. The number of hydrogen-bond acceptors (Lipinski definition) is 6. The maximum atomic E-state index is 6.28. The minimum absolute atomic E-state index is 0.344. The third-order valence-electron chi connectivity index (χ3n) is 23.7. The quantitative estimate of drug-likeness (QED) is 0.114. The van der Waals surface area contributed by atoms with Gasteiger partial charge < -0.3 is 27.9 Å². The van der Waals surface area contributed by atoms with Gasteiger partial charge in [-0.1, -0.05) is 315 Å². The van der Waals surface area contributed by atoms with Gasteiger partial charge in [-0.3, -0.25) is 0 Å². The fourth-order valence-electron chi connectivity index (χ4n) is 15.1. The van der Waals surface area contributed by atoms with E-state index in [2.05, 4.69) is 429 Å². The van der Waals surface area contributed by atoms with Gasteiger partial charge in [0.05, 0.1) is 33.6 Å². The fraction of sp³-hybridized carbons (Fsp3) is 0.176. The highest BCUT2D eigenvalue weighted by Crippen LogP contribution is 2.43. The van der Waals surface area contributed by atoms with Crippen LogP contribution in [0.5, 0.6) is 0 Å².